The standard InChI is InChI=1S/C24H26ClN3O2/c1-30-23-15-19(3-5-21(23)17-8-12-27-13-9-17)28-24(29)18-2-4-20(22(25)14-18)16-6-10-26-11-7-16/h2-6,8,14-15,26-27H,7,9-13H2,1H3,(H,28,29). The normalized spacial score (nSPS) is 16.5. The molecule has 156 valence electrons. The quantitative estimate of drug-likeness (QED) is 0.668. The number of benzene rings is 2. The number of hydrogen-bond donors (Lipinski definition) is 3. The summed E-state index contributed by atoms with van der Waals surface area (Å²) < 4.78 is 5.58. The Morgan fingerprint density at radius 3 is 2.23 bits per heavy atom. The molecular formula is C24H26ClN3O2. The van der Waals surface area contributed by atoms with Crippen molar-refractivity contribution in [3.8, 4) is 5.75 Å². The number of carbonyl (C=O) groups is 1. The van der Waals surface area contributed by atoms with Crippen molar-refractivity contribution in [3.05, 3.63) is 70.3 Å². The third-order valence-corrected chi connectivity index (χ3v) is 5.82. The highest BCUT2D eigenvalue weighted by Crippen LogP contribution is 2.32. The SMILES string of the molecule is COc1cc(NC(=O)c2ccc(C3=CCNCC3)c(Cl)c2)ccc1C1=CCNCC1. The lowest BCUT2D eigenvalue weighted by atomic mass is 9.98. The van der Waals surface area contributed by atoms with Crippen molar-refractivity contribution in [2.24, 2.45) is 0 Å². The van der Waals surface area contributed by atoms with Crippen LogP contribution in [0, 0.1) is 0 Å². The fourth-order valence-electron chi connectivity index (χ4n) is 3.89. The molecule has 2 aliphatic rings. The van der Waals surface area contributed by atoms with Gasteiger partial charge >= 0.3 is 0 Å². The van der Waals surface area contributed by atoms with Gasteiger partial charge in [0.05, 0.1) is 7.11 Å². The Hall–Kier alpha value is -2.60. The van der Waals surface area contributed by atoms with Crippen molar-refractivity contribution in [3.63, 3.8) is 0 Å². The molecule has 0 spiro atoms. The topological polar surface area (TPSA) is 62.4 Å². The van der Waals surface area contributed by atoms with Gasteiger partial charge in [0.25, 0.3) is 5.91 Å². The Bertz CT molecular complexity index is 1010. The molecule has 3 N–H and O–H groups in total. The van der Waals surface area contributed by atoms with Gasteiger partial charge in [-0.1, -0.05) is 29.8 Å². The predicted octanol–water partition coefficient (Wildman–Crippen LogP) is 4.35. The van der Waals surface area contributed by atoms with Crippen LogP contribution in [0.15, 0.2) is 48.6 Å². The summed E-state index contributed by atoms with van der Waals surface area (Å²) in [6.45, 7) is 3.60. The first kappa shape index (κ1) is 20.7. The van der Waals surface area contributed by atoms with Gasteiger partial charge in [0, 0.05) is 41.0 Å². The van der Waals surface area contributed by atoms with Crippen LogP contribution in [0.25, 0.3) is 11.1 Å². The average Bonchev–Trinajstić information content (AvgIpc) is 2.80. The van der Waals surface area contributed by atoms with Crippen molar-refractivity contribution in [1.82, 2.24) is 10.6 Å². The highest BCUT2D eigenvalue weighted by Gasteiger charge is 2.15. The fourth-order valence-corrected chi connectivity index (χ4v) is 4.19. The van der Waals surface area contributed by atoms with E-state index in [1.807, 2.05) is 30.3 Å². The maximum Gasteiger partial charge on any atom is 0.255 e. The molecule has 6 heteroatoms. The molecule has 0 aromatic heterocycles. The molecule has 0 atom stereocenters. The zero-order chi connectivity index (χ0) is 20.9. The van der Waals surface area contributed by atoms with E-state index in [4.69, 9.17) is 16.3 Å². The molecule has 2 aromatic carbocycles. The molecule has 2 aromatic rings. The zero-order valence-corrected chi connectivity index (χ0v) is 17.8. The number of ether oxygens (including phenoxy) is 1. The summed E-state index contributed by atoms with van der Waals surface area (Å²) in [4.78, 5) is 12.8. The smallest absolute Gasteiger partial charge is 0.255 e. The number of hydrogen-bond acceptors (Lipinski definition) is 4. The van der Waals surface area contributed by atoms with Gasteiger partial charge in [-0.05, 0) is 66.9 Å². The summed E-state index contributed by atoms with van der Waals surface area (Å²) in [5.41, 5.74) is 5.77. The minimum Gasteiger partial charge on any atom is -0.496 e. The molecule has 30 heavy (non-hydrogen) atoms. The van der Waals surface area contributed by atoms with Crippen LogP contribution in [0.4, 0.5) is 5.69 Å². The minimum absolute atomic E-state index is 0.196. The Morgan fingerprint density at radius 2 is 1.63 bits per heavy atom. The third kappa shape index (κ3) is 4.59. The van der Waals surface area contributed by atoms with E-state index >= 15 is 0 Å². The molecular weight excluding hydrogens is 398 g/mol. The molecule has 0 radical (unpaired) electrons. The molecule has 0 unspecified atom stereocenters. The van der Waals surface area contributed by atoms with Crippen LogP contribution >= 0.6 is 11.6 Å². The lowest BCUT2D eigenvalue weighted by Crippen LogP contribution is -2.20. The Kier molecular flexibility index (Phi) is 6.53. The molecule has 1 amide bonds. The number of amides is 1. The lowest BCUT2D eigenvalue weighted by Gasteiger charge is -2.18. The van der Waals surface area contributed by atoms with E-state index in [1.165, 1.54) is 11.1 Å². The predicted molar refractivity (Wildman–Crippen MR) is 123 cm³/mol. The first-order valence-electron chi connectivity index (χ1n) is 10.2. The second kappa shape index (κ2) is 9.47. The van der Waals surface area contributed by atoms with E-state index in [0.29, 0.717) is 16.3 Å². The molecule has 2 heterocycles. The summed E-state index contributed by atoms with van der Waals surface area (Å²) in [5.74, 6) is 0.561. The summed E-state index contributed by atoms with van der Waals surface area (Å²) >= 11 is 6.49. The highest BCUT2D eigenvalue weighted by atomic mass is 35.5. The van der Waals surface area contributed by atoms with Crippen molar-refractivity contribution >= 4 is 34.3 Å². The van der Waals surface area contributed by atoms with Crippen molar-refractivity contribution in [2.75, 3.05) is 38.6 Å². The maximum absolute atomic E-state index is 12.8. The Balaban J connectivity index is 1.51. The van der Waals surface area contributed by atoms with Gasteiger partial charge < -0.3 is 20.7 Å². The zero-order valence-electron chi connectivity index (χ0n) is 17.1. The van der Waals surface area contributed by atoms with E-state index in [1.54, 1.807) is 13.2 Å². The van der Waals surface area contributed by atoms with Gasteiger partial charge in [-0.15, -0.1) is 0 Å². The van der Waals surface area contributed by atoms with E-state index in [0.717, 1.165) is 55.9 Å². The van der Waals surface area contributed by atoms with E-state index in [-0.39, 0.29) is 5.91 Å². The van der Waals surface area contributed by atoms with Crippen LogP contribution in [0.5, 0.6) is 5.75 Å². The summed E-state index contributed by atoms with van der Waals surface area (Å²) in [6.07, 6.45) is 6.22. The van der Waals surface area contributed by atoms with Crippen LogP contribution in [0.3, 0.4) is 0 Å². The highest BCUT2D eigenvalue weighted by molar-refractivity contribution is 6.32. The lowest BCUT2D eigenvalue weighted by molar-refractivity contribution is 0.102. The largest absolute Gasteiger partial charge is 0.496 e. The van der Waals surface area contributed by atoms with Crippen LogP contribution in [-0.2, 0) is 0 Å². The molecule has 0 fully saturated rings. The van der Waals surface area contributed by atoms with E-state index in [9.17, 15) is 4.79 Å². The van der Waals surface area contributed by atoms with E-state index < -0.39 is 0 Å². The molecule has 0 bridgehead atoms. The second-order valence-electron chi connectivity index (χ2n) is 7.43. The number of rotatable bonds is 5. The first-order valence-corrected chi connectivity index (χ1v) is 10.6. The fraction of sp³-hybridized carbons (Fsp3) is 0.292. The second-order valence-corrected chi connectivity index (χ2v) is 7.84. The van der Waals surface area contributed by atoms with Gasteiger partial charge in [-0.25, -0.2) is 0 Å². The van der Waals surface area contributed by atoms with Crippen LogP contribution in [-0.4, -0.2) is 39.2 Å². The molecule has 5 nitrogen and oxygen atoms in total. The van der Waals surface area contributed by atoms with Gasteiger partial charge in [0.15, 0.2) is 0 Å². The van der Waals surface area contributed by atoms with Crippen LogP contribution < -0.4 is 20.7 Å². The Labute approximate surface area is 182 Å². The third-order valence-electron chi connectivity index (χ3n) is 5.51. The van der Waals surface area contributed by atoms with Crippen molar-refractivity contribution in [1.29, 1.82) is 0 Å². The van der Waals surface area contributed by atoms with Gasteiger partial charge in [-0.3, -0.25) is 4.79 Å². The molecule has 0 saturated carbocycles. The number of carbonyl (C=O) groups excluding carboxylic acids is 1. The number of methoxy groups -OCH3 is 1. The number of halogens is 1. The molecule has 4 rings (SSSR count). The average molecular weight is 424 g/mol. The van der Waals surface area contributed by atoms with Crippen LogP contribution in [0.1, 0.15) is 34.3 Å². The van der Waals surface area contributed by atoms with Gasteiger partial charge in [-0.2, -0.15) is 0 Å². The minimum atomic E-state index is -0.196. The maximum atomic E-state index is 12.8. The van der Waals surface area contributed by atoms with Gasteiger partial charge in [0.1, 0.15) is 5.75 Å². The monoisotopic (exact) mass is 423 g/mol. The summed E-state index contributed by atoms with van der Waals surface area (Å²) in [5, 5.41) is 10.2. The molecule has 0 saturated heterocycles. The Morgan fingerprint density at radius 1 is 0.967 bits per heavy atom. The summed E-state index contributed by atoms with van der Waals surface area (Å²) in [7, 11) is 1.65. The van der Waals surface area contributed by atoms with Crippen molar-refractivity contribution < 1.29 is 9.53 Å². The number of anilines is 1. The molecule has 0 aliphatic carbocycles. The summed E-state index contributed by atoms with van der Waals surface area (Å²) in [6, 6.07) is 11.3. The van der Waals surface area contributed by atoms with Crippen molar-refractivity contribution in [2.45, 2.75) is 12.8 Å². The van der Waals surface area contributed by atoms with E-state index in [2.05, 4.69) is 28.1 Å². The van der Waals surface area contributed by atoms with Gasteiger partial charge in [0.2, 0.25) is 0 Å². The molecule has 2 aliphatic heterocycles. The first-order chi connectivity index (χ1) is 14.7. The number of nitrogens with one attached hydrogen (secondary N) is 3. The van der Waals surface area contributed by atoms with Crippen LogP contribution in [0.2, 0.25) is 5.02 Å².